The second-order valence-corrected chi connectivity index (χ2v) is 6.93. The smallest absolute Gasteiger partial charge is 0.255 e. The Balaban J connectivity index is 2.32. The molecule has 19 heavy (non-hydrogen) atoms. The summed E-state index contributed by atoms with van der Waals surface area (Å²) < 4.78 is 27.0. The van der Waals surface area contributed by atoms with Crippen molar-refractivity contribution in [1.82, 2.24) is 4.98 Å². The first-order valence-electron chi connectivity index (χ1n) is 5.53. The lowest BCUT2D eigenvalue weighted by Crippen LogP contribution is -2.14. The van der Waals surface area contributed by atoms with Gasteiger partial charge in [-0.15, -0.1) is 22.9 Å². The van der Waals surface area contributed by atoms with Gasteiger partial charge in [-0.1, -0.05) is 17.7 Å². The van der Waals surface area contributed by atoms with E-state index in [-0.39, 0.29) is 10.8 Å². The molecule has 0 saturated heterocycles. The lowest BCUT2D eigenvalue weighted by atomic mass is 10.2. The highest BCUT2D eigenvalue weighted by atomic mass is 35.5. The number of aryl methyl sites for hydroxylation is 2. The number of nitrogens with one attached hydrogen (secondary N) is 1. The third-order valence-corrected chi connectivity index (χ3v) is 5.24. The van der Waals surface area contributed by atoms with Crippen LogP contribution in [0.3, 0.4) is 0 Å². The third kappa shape index (κ3) is 3.26. The number of alkyl halides is 1. The molecule has 1 heterocycles. The van der Waals surface area contributed by atoms with Crippen LogP contribution in [0.4, 0.5) is 5.13 Å². The number of thiazole rings is 1. The fraction of sp³-hybridized carbons (Fsp3) is 0.250. The van der Waals surface area contributed by atoms with Crippen molar-refractivity contribution in [3.8, 4) is 0 Å². The average molecular weight is 317 g/mol. The zero-order chi connectivity index (χ0) is 14.0. The summed E-state index contributed by atoms with van der Waals surface area (Å²) in [6, 6.07) is 5.21. The molecule has 1 aromatic carbocycles. The van der Waals surface area contributed by atoms with Crippen molar-refractivity contribution < 1.29 is 8.42 Å². The van der Waals surface area contributed by atoms with E-state index >= 15 is 0 Å². The first-order valence-corrected chi connectivity index (χ1v) is 8.42. The van der Waals surface area contributed by atoms with Gasteiger partial charge >= 0.3 is 0 Å². The van der Waals surface area contributed by atoms with Crippen LogP contribution < -0.4 is 4.72 Å². The molecule has 0 aliphatic rings. The van der Waals surface area contributed by atoms with E-state index < -0.39 is 10.0 Å². The molecule has 0 spiro atoms. The topological polar surface area (TPSA) is 59.1 Å². The van der Waals surface area contributed by atoms with Gasteiger partial charge in [-0.3, -0.25) is 4.72 Å². The van der Waals surface area contributed by atoms with E-state index in [2.05, 4.69) is 9.71 Å². The highest BCUT2D eigenvalue weighted by molar-refractivity contribution is 7.93. The first kappa shape index (κ1) is 14.3. The molecule has 1 N–H and O–H groups in total. The van der Waals surface area contributed by atoms with E-state index in [9.17, 15) is 8.42 Å². The van der Waals surface area contributed by atoms with E-state index in [1.54, 1.807) is 24.4 Å². The van der Waals surface area contributed by atoms with Crippen LogP contribution in [-0.2, 0) is 15.9 Å². The van der Waals surface area contributed by atoms with E-state index in [0.717, 1.165) is 5.56 Å². The van der Waals surface area contributed by atoms with Crippen molar-refractivity contribution in [2.45, 2.75) is 24.6 Å². The Morgan fingerprint density at radius 3 is 2.68 bits per heavy atom. The van der Waals surface area contributed by atoms with Gasteiger partial charge in [0.05, 0.1) is 16.5 Å². The highest BCUT2D eigenvalue weighted by Gasteiger charge is 2.18. The summed E-state index contributed by atoms with van der Waals surface area (Å²) in [5, 5.41) is 2.06. The number of halogens is 1. The number of anilines is 1. The molecule has 0 unspecified atom stereocenters. The molecule has 0 fully saturated rings. The van der Waals surface area contributed by atoms with Gasteiger partial charge in [0, 0.05) is 5.38 Å². The zero-order valence-electron chi connectivity index (χ0n) is 10.5. The van der Waals surface area contributed by atoms with Crippen molar-refractivity contribution in [3.05, 3.63) is 40.4 Å². The molecular formula is C12H13ClN2O2S2. The van der Waals surface area contributed by atoms with Crippen LogP contribution in [-0.4, -0.2) is 13.4 Å². The fourth-order valence-corrected chi connectivity index (χ4v) is 4.11. The quantitative estimate of drug-likeness (QED) is 0.880. The van der Waals surface area contributed by atoms with E-state index in [4.69, 9.17) is 11.6 Å². The third-order valence-electron chi connectivity index (χ3n) is 2.53. The van der Waals surface area contributed by atoms with Crippen molar-refractivity contribution >= 4 is 38.1 Å². The Hall–Kier alpha value is -1.11. The standard InChI is InChI=1S/C12H13ClN2O2S2/c1-8-3-4-11(9(2)5-8)19(16,17)15-12-14-10(6-13)7-18-12/h3-5,7H,6H2,1-2H3,(H,14,15). The minimum atomic E-state index is -3.60. The summed E-state index contributed by atoms with van der Waals surface area (Å²) in [5.74, 6) is 0.266. The lowest BCUT2D eigenvalue weighted by molar-refractivity contribution is 0.600. The molecule has 102 valence electrons. The van der Waals surface area contributed by atoms with Gasteiger partial charge in [-0.25, -0.2) is 13.4 Å². The molecule has 1 aromatic heterocycles. The van der Waals surface area contributed by atoms with Crippen LogP contribution in [0.25, 0.3) is 0 Å². The zero-order valence-corrected chi connectivity index (χ0v) is 12.9. The normalized spacial score (nSPS) is 11.5. The maximum atomic E-state index is 12.3. The molecule has 4 nitrogen and oxygen atoms in total. The second kappa shape index (κ2) is 5.48. The number of hydrogen-bond acceptors (Lipinski definition) is 4. The SMILES string of the molecule is Cc1ccc(S(=O)(=O)Nc2nc(CCl)cs2)c(C)c1. The summed E-state index contributed by atoms with van der Waals surface area (Å²) >= 11 is 6.86. The van der Waals surface area contributed by atoms with Crippen molar-refractivity contribution in [3.63, 3.8) is 0 Å². The Morgan fingerprint density at radius 2 is 2.11 bits per heavy atom. The summed E-state index contributed by atoms with van der Waals surface area (Å²) in [4.78, 5) is 4.35. The van der Waals surface area contributed by atoms with Crippen molar-refractivity contribution in [2.75, 3.05) is 4.72 Å². The van der Waals surface area contributed by atoms with Gasteiger partial charge in [0.25, 0.3) is 10.0 Å². The van der Waals surface area contributed by atoms with E-state index in [0.29, 0.717) is 16.4 Å². The van der Waals surface area contributed by atoms with Crippen molar-refractivity contribution in [1.29, 1.82) is 0 Å². The maximum Gasteiger partial charge on any atom is 0.263 e. The van der Waals surface area contributed by atoms with Crippen LogP contribution in [0.5, 0.6) is 0 Å². The van der Waals surface area contributed by atoms with Gasteiger partial charge in [0.15, 0.2) is 5.13 Å². The molecule has 0 saturated carbocycles. The van der Waals surface area contributed by atoms with Crippen LogP contribution in [0.1, 0.15) is 16.8 Å². The highest BCUT2D eigenvalue weighted by Crippen LogP contribution is 2.23. The van der Waals surface area contributed by atoms with E-state index in [1.165, 1.54) is 11.3 Å². The number of nitrogens with zero attached hydrogens (tertiary/aromatic N) is 1. The van der Waals surface area contributed by atoms with Crippen LogP contribution >= 0.6 is 22.9 Å². The van der Waals surface area contributed by atoms with Gasteiger partial charge in [0.1, 0.15) is 0 Å². The summed E-state index contributed by atoms with van der Waals surface area (Å²) in [6.07, 6.45) is 0. The van der Waals surface area contributed by atoms with Crippen LogP contribution in [0.2, 0.25) is 0 Å². The van der Waals surface area contributed by atoms with Crippen LogP contribution in [0, 0.1) is 13.8 Å². The minimum Gasteiger partial charge on any atom is -0.255 e. The first-order chi connectivity index (χ1) is 8.92. The number of aromatic nitrogens is 1. The molecule has 2 rings (SSSR count). The molecule has 0 aliphatic heterocycles. The van der Waals surface area contributed by atoms with Gasteiger partial charge in [-0.2, -0.15) is 0 Å². The lowest BCUT2D eigenvalue weighted by Gasteiger charge is -2.08. The number of hydrogen-bond donors (Lipinski definition) is 1. The molecule has 0 atom stereocenters. The maximum absolute atomic E-state index is 12.3. The molecule has 0 aliphatic carbocycles. The predicted octanol–water partition coefficient (Wildman–Crippen LogP) is 3.30. The molecular weight excluding hydrogens is 304 g/mol. The van der Waals surface area contributed by atoms with E-state index in [1.807, 2.05) is 13.0 Å². The molecule has 2 aromatic rings. The Morgan fingerprint density at radius 1 is 1.37 bits per heavy atom. The largest absolute Gasteiger partial charge is 0.263 e. The molecule has 0 amide bonds. The minimum absolute atomic E-state index is 0.265. The number of benzene rings is 1. The fourth-order valence-electron chi connectivity index (χ4n) is 1.69. The summed E-state index contributed by atoms with van der Waals surface area (Å²) in [7, 11) is -3.60. The van der Waals surface area contributed by atoms with Crippen molar-refractivity contribution in [2.24, 2.45) is 0 Å². The monoisotopic (exact) mass is 316 g/mol. The molecule has 0 radical (unpaired) electrons. The predicted molar refractivity (Wildman–Crippen MR) is 78.4 cm³/mol. The Bertz CT molecular complexity index is 696. The van der Waals surface area contributed by atoms with Gasteiger partial charge in [0.2, 0.25) is 0 Å². The van der Waals surface area contributed by atoms with Gasteiger partial charge < -0.3 is 0 Å². The summed E-state index contributed by atoms with van der Waals surface area (Å²) in [5.41, 5.74) is 2.39. The Labute approximate surface area is 121 Å². The molecule has 7 heteroatoms. The number of sulfonamides is 1. The number of rotatable bonds is 4. The summed E-state index contributed by atoms with van der Waals surface area (Å²) in [6.45, 7) is 3.69. The van der Waals surface area contributed by atoms with Crippen LogP contribution in [0.15, 0.2) is 28.5 Å². The average Bonchev–Trinajstić information content (AvgIpc) is 2.75. The van der Waals surface area contributed by atoms with Gasteiger partial charge in [-0.05, 0) is 25.5 Å². The Kier molecular flexibility index (Phi) is 4.13. The second-order valence-electron chi connectivity index (χ2n) is 4.15. The molecule has 0 bridgehead atoms.